The molecule has 2 aromatic rings. The maximum absolute atomic E-state index is 4.30. The van der Waals surface area contributed by atoms with Crippen molar-refractivity contribution in [3.8, 4) is 0 Å². The number of anilines is 1. The van der Waals surface area contributed by atoms with Crippen LogP contribution in [-0.4, -0.2) is 73.5 Å². The lowest BCUT2D eigenvalue weighted by Crippen LogP contribution is -2.47. The van der Waals surface area contributed by atoms with Gasteiger partial charge >= 0.3 is 0 Å². The number of rotatable bonds is 9. The van der Waals surface area contributed by atoms with Crippen LogP contribution in [-0.2, 0) is 6.54 Å². The Morgan fingerprint density at radius 2 is 1.66 bits per heavy atom. The van der Waals surface area contributed by atoms with Gasteiger partial charge in [0.15, 0.2) is 5.96 Å². The smallest absolute Gasteiger partial charge is 0.190 e. The van der Waals surface area contributed by atoms with Crippen LogP contribution in [0.25, 0.3) is 0 Å². The second-order valence-corrected chi connectivity index (χ2v) is 7.07. The quantitative estimate of drug-likeness (QED) is 0.234. The van der Waals surface area contributed by atoms with Crippen molar-refractivity contribution in [1.82, 2.24) is 25.3 Å². The molecule has 160 valence electrons. The lowest BCUT2D eigenvalue weighted by molar-refractivity contribution is 0.255. The maximum Gasteiger partial charge on any atom is 0.190 e. The number of aromatic nitrogens is 2. The number of aryl methyl sites for hydroxylation is 1. The van der Waals surface area contributed by atoms with E-state index in [0.29, 0.717) is 0 Å². The van der Waals surface area contributed by atoms with E-state index in [1.54, 1.807) is 0 Å². The van der Waals surface area contributed by atoms with Gasteiger partial charge in [-0.15, -0.1) is 24.0 Å². The van der Waals surface area contributed by atoms with Gasteiger partial charge in [0.2, 0.25) is 0 Å². The summed E-state index contributed by atoms with van der Waals surface area (Å²) in [6.07, 6.45) is 5.95. The normalized spacial score (nSPS) is 15.1. The van der Waals surface area contributed by atoms with Crippen molar-refractivity contribution in [2.45, 2.75) is 19.4 Å². The van der Waals surface area contributed by atoms with Gasteiger partial charge in [-0.05, 0) is 37.6 Å². The van der Waals surface area contributed by atoms with Gasteiger partial charge in [-0.25, -0.2) is 0 Å². The van der Waals surface area contributed by atoms with E-state index < -0.39 is 0 Å². The van der Waals surface area contributed by atoms with Crippen LogP contribution in [0.3, 0.4) is 0 Å². The SMILES string of the molecule is CN=C(NCCCN1CCN(c2ccccc2)CC1)NCCCn1cccn1.I. The zero-order chi connectivity index (χ0) is 19.4. The molecular weight excluding hydrogens is 477 g/mol. The molecule has 0 atom stereocenters. The first-order valence-electron chi connectivity index (χ1n) is 10.3. The molecule has 1 aromatic heterocycles. The molecular formula is C21H34IN7. The summed E-state index contributed by atoms with van der Waals surface area (Å²) >= 11 is 0. The van der Waals surface area contributed by atoms with Crippen molar-refractivity contribution < 1.29 is 0 Å². The van der Waals surface area contributed by atoms with Gasteiger partial charge in [-0.1, -0.05) is 18.2 Å². The summed E-state index contributed by atoms with van der Waals surface area (Å²) in [6, 6.07) is 12.7. The van der Waals surface area contributed by atoms with E-state index in [-0.39, 0.29) is 24.0 Å². The zero-order valence-corrected chi connectivity index (χ0v) is 19.7. The van der Waals surface area contributed by atoms with Crippen LogP contribution in [0.5, 0.6) is 0 Å². The summed E-state index contributed by atoms with van der Waals surface area (Å²) in [5, 5.41) is 11.0. The maximum atomic E-state index is 4.30. The first-order chi connectivity index (χ1) is 13.8. The van der Waals surface area contributed by atoms with Crippen molar-refractivity contribution in [1.29, 1.82) is 0 Å². The van der Waals surface area contributed by atoms with E-state index in [0.717, 1.165) is 71.2 Å². The van der Waals surface area contributed by atoms with E-state index in [1.807, 2.05) is 30.2 Å². The third kappa shape index (κ3) is 8.22. The minimum Gasteiger partial charge on any atom is -0.369 e. The molecule has 0 unspecified atom stereocenters. The molecule has 0 bridgehead atoms. The second kappa shape index (κ2) is 13.4. The molecule has 29 heavy (non-hydrogen) atoms. The molecule has 1 aliphatic rings. The van der Waals surface area contributed by atoms with Crippen LogP contribution < -0.4 is 15.5 Å². The summed E-state index contributed by atoms with van der Waals surface area (Å²) in [6.45, 7) is 8.37. The first-order valence-corrected chi connectivity index (χ1v) is 10.3. The molecule has 1 aromatic carbocycles. The summed E-state index contributed by atoms with van der Waals surface area (Å²) in [4.78, 5) is 9.34. The highest BCUT2D eigenvalue weighted by Crippen LogP contribution is 2.15. The van der Waals surface area contributed by atoms with Crippen molar-refractivity contribution in [2.75, 3.05) is 57.8 Å². The Morgan fingerprint density at radius 1 is 0.966 bits per heavy atom. The monoisotopic (exact) mass is 511 g/mol. The topological polar surface area (TPSA) is 60.7 Å². The van der Waals surface area contributed by atoms with Crippen LogP contribution in [0, 0.1) is 0 Å². The molecule has 0 amide bonds. The van der Waals surface area contributed by atoms with E-state index in [4.69, 9.17) is 0 Å². The lowest BCUT2D eigenvalue weighted by Gasteiger charge is -2.36. The number of halogens is 1. The van der Waals surface area contributed by atoms with E-state index >= 15 is 0 Å². The van der Waals surface area contributed by atoms with Crippen LogP contribution in [0.4, 0.5) is 5.69 Å². The van der Waals surface area contributed by atoms with Gasteiger partial charge in [0.1, 0.15) is 0 Å². The Balaban J connectivity index is 0.00000300. The first kappa shape index (κ1) is 23.5. The van der Waals surface area contributed by atoms with Gasteiger partial charge in [-0.2, -0.15) is 5.10 Å². The summed E-state index contributed by atoms with van der Waals surface area (Å²) < 4.78 is 1.95. The van der Waals surface area contributed by atoms with E-state index in [2.05, 4.69) is 60.9 Å². The number of hydrogen-bond acceptors (Lipinski definition) is 4. The molecule has 0 spiro atoms. The van der Waals surface area contributed by atoms with Gasteiger partial charge in [0.25, 0.3) is 0 Å². The summed E-state index contributed by atoms with van der Waals surface area (Å²) in [7, 11) is 1.83. The molecule has 1 saturated heterocycles. The molecule has 1 aliphatic heterocycles. The molecule has 3 rings (SSSR count). The lowest BCUT2D eigenvalue weighted by atomic mass is 10.2. The molecule has 1 fully saturated rings. The number of piperazine rings is 1. The summed E-state index contributed by atoms with van der Waals surface area (Å²) in [5.74, 6) is 0.884. The number of aliphatic imine (C=N–C) groups is 1. The van der Waals surface area contributed by atoms with Crippen LogP contribution in [0.2, 0.25) is 0 Å². The largest absolute Gasteiger partial charge is 0.369 e. The van der Waals surface area contributed by atoms with Crippen LogP contribution in [0.1, 0.15) is 12.8 Å². The number of nitrogens with one attached hydrogen (secondary N) is 2. The fourth-order valence-electron chi connectivity index (χ4n) is 3.48. The Morgan fingerprint density at radius 3 is 2.28 bits per heavy atom. The fraction of sp³-hybridized carbons (Fsp3) is 0.524. The van der Waals surface area contributed by atoms with Gasteiger partial charge < -0.3 is 15.5 Å². The Kier molecular flexibility index (Phi) is 10.9. The van der Waals surface area contributed by atoms with Gasteiger partial charge in [0, 0.05) is 70.9 Å². The molecule has 0 saturated carbocycles. The number of para-hydroxylation sites is 1. The number of guanidine groups is 1. The number of hydrogen-bond donors (Lipinski definition) is 2. The molecule has 0 aliphatic carbocycles. The highest BCUT2D eigenvalue weighted by molar-refractivity contribution is 14.0. The van der Waals surface area contributed by atoms with E-state index in [1.165, 1.54) is 5.69 Å². The molecule has 8 heteroatoms. The predicted octanol–water partition coefficient (Wildman–Crippen LogP) is 2.27. The fourth-order valence-corrected chi connectivity index (χ4v) is 3.48. The Hall–Kier alpha value is -1.81. The van der Waals surface area contributed by atoms with Crippen molar-refractivity contribution >= 4 is 35.6 Å². The third-order valence-corrected chi connectivity index (χ3v) is 5.08. The van der Waals surface area contributed by atoms with E-state index in [9.17, 15) is 0 Å². The third-order valence-electron chi connectivity index (χ3n) is 5.08. The Labute approximate surface area is 191 Å². The van der Waals surface area contributed by atoms with Crippen molar-refractivity contribution in [2.24, 2.45) is 4.99 Å². The van der Waals surface area contributed by atoms with Crippen LogP contribution in [0.15, 0.2) is 53.8 Å². The van der Waals surface area contributed by atoms with Gasteiger partial charge in [-0.3, -0.25) is 14.6 Å². The van der Waals surface area contributed by atoms with Crippen molar-refractivity contribution in [3.05, 3.63) is 48.8 Å². The predicted molar refractivity (Wildman–Crippen MR) is 131 cm³/mol. The molecule has 0 radical (unpaired) electrons. The van der Waals surface area contributed by atoms with Crippen LogP contribution >= 0.6 is 24.0 Å². The average molecular weight is 511 g/mol. The highest BCUT2D eigenvalue weighted by Gasteiger charge is 2.16. The zero-order valence-electron chi connectivity index (χ0n) is 17.3. The molecule has 2 heterocycles. The minimum atomic E-state index is 0. The minimum absolute atomic E-state index is 0. The average Bonchev–Trinajstić information content (AvgIpc) is 3.27. The second-order valence-electron chi connectivity index (χ2n) is 7.07. The van der Waals surface area contributed by atoms with Gasteiger partial charge in [0.05, 0.1) is 0 Å². The molecule has 7 nitrogen and oxygen atoms in total. The highest BCUT2D eigenvalue weighted by atomic mass is 127. The standard InChI is InChI=1S/C21H33N7.HI/c1-22-21(24-11-6-14-28-15-7-12-25-28)23-10-5-13-26-16-18-27(19-17-26)20-8-3-2-4-9-20;/h2-4,7-9,12,15H,5-6,10-11,13-14,16-19H2,1H3,(H2,22,23,24);1H. The number of benzene rings is 1. The van der Waals surface area contributed by atoms with Crippen molar-refractivity contribution in [3.63, 3.8) is 0 Å². The summed E-state index contributed by atoms with van der Waals surface area (Å²) in [5.41, 5.74) is 1.34. The Bertz CT molecular complexity index is 682. The molecule has 2 N–H and O–H groups in total. The number of nitrogens with zero attached hydrogens (tertiary/aromatic N) is 5.